The highest BCUT2D eigenvalue weighted by atomic mass is 31.1. The monoisotopic (exact) mass is 693 g/mol. The summed E-state index contributed by atoms with van der Waals surface area (Å²) in [7, 11) is -0.357. The van der Waals surface area contributed by atoms with Crippen molar-refractivity contribution in [2.24, 2.45) is 0 Å². The lowest BCUT2D eigenvalue weighted by molar-refractivity contribution is 0.767. The summed E-state index contributed by atoms with van der Waals surface area (Å²) in [5, 5.41) is 14.9. The van der Waals surface area contributed by atoms with E-state index in [4.69, 9.17) is 0 Å². The lowest BCUT2D eigenvalue weighted by Crippen LogP contribution is -2.21. The summed E-state index contributed by atoms with van der Waals surface area (Å²) in [4.78, 5) is 0. The third-order valence-corrected chi connectivity index (χ3v) is 16.2. The highest BCUT2D eigenvalue weighted by Gasteiger charge is 2.26. The van der Waals surface area contributed by atoms with Crippen molar-refractivity contribution >= 4 is 58.9 Å². The summed E-state index contributed by atoms with van der Waals surface area (Å²) in [6.45, 7) is 2.20. The zero-order chi connectivity index (χ0) is 33.7. The van der Waals surface area contributed by atoms with Gasteiger partial charge in [0.1, 0.15) is 0 Å². The minimum Gasteiger partial charge on any atom is -0.316 e. The molecule has 1 N–H and O–H groups in total. The van der Waals surface area contributed by atoms with Crippen molar-refractivity contribution < 1.29 is 0 Å². The number of nitrogens with one attached hydrogen (secondary N) is 1. The molecular formula is C48H41NP2. The van der Waals surface area contributed by atoms with Crippen molar-refractivity contribution in [2.75, 3.05) is 25.4 Å². The van der Waals surface area contributed by atoms with Crippen molar-refractivity contribution in [2.45, 2.75) is 24.6 Å². The molecule has 0 unspecified atom stereocenters. The average Bonchev–Trinajstić information content (AvgIpc) is 3.45. The van der Waals surface area contributed by atoms with Gasteiger partial charge in [-0.3, -0.25) is 0 Å². The van der Waals surface area contributed by atoms with Crippen molar-refractivity contribution in [1.29, 1.82) is 0 Å². The Kier molecular flexibility index (Phi) is 8.18. The van der Waals surface area contributed by atoms with E-state index in [1.165, 1.54) is 125 Å². The molecule has 0 spiro atoms. The van der Waals surface area contributed by atoms with Gasteiger partial charge < -0.3 is 5.32 Å². The minimum atomic E-state index is -0.178. The fourth-order valence-corrected chi connectivity index (χ4v) is 13.8. The third-order valence-electron chi connectivity index (χ3n) is 11.3. The first-order valence-corrected chi connectivity index (χ1v) is 22.3. The van der Waals surface area contributed by atoms with E-state index in [0.29, 0.717) is 0 Å². The smallest absolute Gasteiger partial charge is 0.000914 e. The molecule has 2 heterocycles. The van der Waals surface area contributed by atoms with E-state index < -0.39 is 0 Å². The van der Waals surface area contributed by atoms with Crippen molar-refractivity contribution in [3.63, 3.8) is 0 Å². The zero-order valence-corrected chi connectivity index (χ0v) is 30.7. The third kappa shape index (κ3) is 5.68. The Balaban J connectivity index is 0.892. The van der Waals surface area contributed by atoms with Crippen LogP contribution in [0.1, 0.15) is 22.3 Å². The van der Waals surface area contributed by atoms with Gasteiger partial charge in [-0.05, 0) is 138 Å². The van der Waals surface area contributed by atoms with Gasteiger partial charge in [-0.25, -0.2) is 0 Å². The molecule has 0 saturated carbocycles. The van der Waals surface area contributed by atoms with Gasteiger partial charge in [0.15, 0.2) is 0 Å². The Hall–Kier alpha value is -4.38. The highest BCUT2D eigenvalue weighted by molar-refractivity contribution is 7.56. The molecule has 8 aromatic carbocycles. The molecule has 0 fully saturated rings. The van der Waals surface area contributed by atoms with Crippen LogP contribution in [0.15, 0.2) is 146 Å². The first kappa shape index (κ1) is 31.4. The summed E-state index contributed by atoms with van der Waals surface area (Å²) in [5.74, 6) is 0. The quantitative estimate of drug-likeness (QED) is 0.135. The zero-order valence-electron chi connectivity index (χ0n) is 28.9. The second kappa shape index (κ2) is 13.3. The molecule has 10 rings (SSSR count). The summed E-state index contributed by atoms with van der Waals surface area (Å²) in [6, 6.07) is 55.2. The first-order valence-electron chi connectivity index (χ1n) is 18.5. The summed E-state index contributed by atoms with van der Waals surface area (Å²) in [5.41, 5.74) is 12.1. The van der Waals surface area contributed by atoms with E-state index in [1.54, 1.807) is 0 Å². The first-order chi connectivity index (χ1) is 25.3. The summed E-state index contributed by atoms with van der Waals surface area (Å²) < 4.78 is 0. The Morgan fingerprint density at radius 1 is 0.333 bits per heavy atom. The largest absolute Gasteiger partial charge is 0.316 e. The Morgan fingerprint density at radius 2 is 0.608 bits per heavy atom. The fourth-order valence-electron chi connectivity index (χ4n) is 8.97. The number of hydrogen-bond donors (Lipinski definition) is 1. The average molecular weight is 694 g/mol. The van der Waals surface area contributed by atoms with E-state index >= 15 is 0 Å². The number of fused-ring (bicyclic) bond motifs is 14. The van der Waals surface area contributed by atoms with Crippen LogP contribution in [-0.4, -0.2) is 25.4 Å². The molecule has 0 aliphatic carbocycles. The Bertz CT molecular complexity index is 2250. The van der Waals surface area contributed by atoms with Crippen LogP contribution >= 0.6 is 15.8 Å². The molecule has 0 radical (unpaired) electrons. The summed E-state index contributed by atoms with van der Waals surface area (Å²) in [6.07, 6.45) is 7.31. The van der Waals surface area contributed by atoms with Crippen LogP contribution in [0.4, 0.5) is 0 Å². The standard InChI is InChI=1S/C48H41NP2/c1-5-13-41-33(9-1)17-21-37-29-50(30-38-22-18-34-10-2-6-14-42(34)46(38)45(37)41)27-25-49-26-28-51-31-39-23-19-35-11-3-7-15-43(35)47(39)48-40(32-51)24-20-36-12-4-8-16-44(36)48/h1-24,49H,25-32H2. The highest BCUT2D eigenvalue weighted by Crippen LogP contribution is 2.54. The maximum Gasteiger partial charge on any atom is -0.000914 e. The molecule has 2 aliphatic heterocycles. The molecule has 8 aromatic rings. The van der Waals surface area contributed by atoms with Crippen LogP contribution in [0.2, 0.25) is 0 Å². The lowest BCUT2D eigenvalue weighted by Gasteiger charge is -2.19. The maximum absolute atomic E-state index is 3.97. The van der Waals surface area contributed by atoms with Gasteiger partial charge >= 0.3 is 0 Å². The number of benzene rings is 8. The molecule has 248 valence electrons. The molecule has 0 aromatic heterocycles. The Labute approximate surface area is 303 Å². The van der Waals surface area contributed by atoms with Gasteiger partial charge in [-0.15, -0.1) is 0 Å². The van der Waals surface area contributed by atoms with Crippen LogP contribution in [0, 0.1) is 0 Å². The molecular weight excluding hydrogens is 652 g/mol. The SMILES string of the molecule is c1ccc2c3c(ccc2c1)CP(CCNCCP1Cc2ccc4ccccc4c2-c2c(ccc4ccccc24)C1)Cc1ccc2ccccc2c1-3. The fraction of sp³-hybridized carbons (Fsp3) is 0.167. The second-order valence-electron chi connectivity index (χ2n) is 14.5. The van der Waals surface area contributed by atoms with Gasteiger partial charge in [-0.1, -0.05) is 161 Å². The number of rotatable bonds is 6. The Morgan fingerprint density at radius 3 is 0.902 bits per heavy atom. The van der Waals surface area contributed by atoms with Crippen molar-refractivity contribution in [3.8, 4) is 22.3 Å². The van der Waals surface area contributed by atoms with Gasteiger partial charge in [0, 0.05) is 0 Å². The van der Waals surface area contributed by atoms with E-state index in [-0.39, 0.29) is 15.8 Å². The predicted octanol–water partition coefficient (Wildman–Crippen LogP) is 12.9. The van der Waals surface area contributed by atoms with Crippen molar-refractivity contribution in [3.05, 3.63) is 168 Å². The van der Waals surface area contributed by atoms with Gasteiger partial charge in [0.2, 0.25) is 0 Å². The normalized spacial score (nSPS) is 14.6. The second-order valence-corrected chi connectivity index (χ2v) is 19.3. The van der Waals surface area contributed by atoms with Crippen LogP contribution < -0.4 is 5.32 Å². The maximum atomic E-state index is 3.97. The van der Waals surface area contributed by atoms with E-state index in [1.807, 2.05) is 0 Å². The molecule has 3 heteroatoms. The van der Waals surface area contributed by atoms with E-state index in [2.05, 4.69) is 151 Å². The molecule has 0 saturated heterocycles. The predicted molar refractivity (Wildman–Crippen MR) is 225 cm³/mol. The molecule has 0 atom stereocenters. The molecule has 0 bridgehead atoms. The summed E-state index contributed by atoms with van der Waals surface area (Å²) >= 11 is 0. The molecule has 1 nitrogen and oxygen atoms in total. The van der Waals surface area contributed by atoms with Crippen LogP contribution in [-0.2, 0) is 24.6 Å². The van der Waals surface area contributed by atoms with Crippen LogP contribution in [0.5, 0.6) is 0 Å². The van der Waals surface area contributed by atoms with Gasteiger partial charge in [0.25, 0.3) is 0 Å². The van der Waals surface area contributed by atoms with Gasteiger partial charge in [-0.2, -0.15) is 0 Å². The van der Waals surface area contributed by atoms with Crippen LogP contribution in [0.3, 0.4) is 0 Å². The number of hydrogen-bond acceptors (Lipinski definition) is 1. The topological polar surface area (TPSA) is 12.0 Å². The molecule has 0 amide bonds. The van der Waals surface area contributed by atoms with Crippen molar-refractivity contribution in [1.82, 2.24) is 5.32 Å². The van der Waals surface area contributed by atoms with E-state index in [0.717, 1.165) is 13.1 Å². The minimum absolute atomic E-state index is 0.178. The molecule has 51 heavy (non-hydrogen) atoms. The lowest BCUT2D eigenvalue weighted by atomic mass is 9.88. The van der Waals surface area contributed by atoms with Gasteiger partial charge in [0.05, 0.1) is 0 Å². The van der Waals surface area contributed by atoms with E-state index in [9.17, 15) is 0 Å². The molecule has 2 aliphatic rings. The van der Waals surface area contributed by atoms with Crippen LogP contribution in [0.25, 0.3) is 65.3 Å².